The predicted octanol–water partition coefficient (Wildman–Crippen LogP) is 2.89. The van der Waals surface area contributed by atoms with E-state index in [-0.39, 0.29) is 22.8 Å². The lowest BCUT2D eigenvalue weighted by molar-refractivity contribution is -0.120. The van der Waals surface area contributed by atoms with Crippen molar-refractivity contribution in [3.05, 3.63) is 24.3 Å². The van der Waals surface area contributed by atoms with Crippen LogP contribution in [0.5, 0.6) is 0 Å². The highest BCUT2D eigenvalue weighted by Gasteiger charge is 2.08. The van der Waals surface area contributed by atoms with Crippen LogP contribution in [-0.2, 0) is 9.59 Å². The van der Waals surface area contributed by atoms with Crippen molar-refractivity contribution < 1.29 is 9.59 Å². The maximum Gasteiger partial charge on any atom is 0.226 e. The van der Waals surface area contributed by atoms with Crippen LogP contribution in [0.4, 0.5) is 11.4 Å². The van der Waals surface area contributed by atoms with Crippen molar-refractivity contribution in [2.45, 2.75) is 33.6 Å². The Morgan fingerprint density at radius 1 is 1.19 bits per heavy atom. The summed E-state index contributed by atoms with van der Waals surface area (Å²) in [5.41, 5.74) is 1.39. The molecule has 0 radical (unpaired) electrons. The number of hydrogen-bond donors (Lipinski definition) is 3. The number of amides is 2. The highest BCUT2D eigenvalue weighted by molar-refractivity contribution is 7.80. The summed E-state index contributed by atoms with van der Waals surface area (Å²) in [6.45, 7) is 5.59. The molecule has 0 fully saturated rings. The Morgan fingerprint density at radius 3 is 2.38 bits per heavy atom. The summed E-state index contributed by atoms with van der Waals surface area (Å²) in [5, 5.41) is 8.58. The van der Waals surface area contributed by atoms with Gasteiger partial charge in [-0.1, -0.05) is 26.8 Å². The van der Waals surface area contributed by atoms with Crippen LogP contribution in [0, 0.1) is 5.92 Å². The van der Waals surface area contributed by atoms with Gasteiger partial charge in [0.15, 0.2) is 5.11 Å². The molecule has 5 nitrogen and oxygen atoms in total. The highest BCUT2D eigenvalue weighted by Crippen LogP contribution is 2.15. The first-order chi connectivity index (χ1) is 9.92. The quantitative estimate of drug-likeness (QED) is 0.732. The van der Waals surface area contributed by atoms with E-state index in [4.69, 9.17) is 12.2 Å². The van der Waals surface area contributed by atoms with Crippen molar-refractivity contribution in [2.24, 2.45) is 5.92 Å². The minimum absolute atomic E-state index is 0.0500. The molecule has 0 atom stereocenters. The fraction of sp³-hybridized carbons (Fsp3) is 0.400. The molecule has 1 rings (SSSR count). The smallest absolute Gasteiger partial charge is 0.226 e. The van der Waals surface area contributed by atoms with Gasteiger partial charge in [-0.2, -0.15) is 0 Å². The molecule has 1 aromatic carbocycles. The minimum atomic E-state index is -0.112. The molecule has 0 aliphatic carbocycles. The van der Waals surface area contributed by atoms with Gasteiger partial charge in [0.05, 0.1) is 0 Å². The van der Waals surface area contributed by atoms with Crippen LogP contribution in [-0.4, -0.2) is 16.9 Å². The average molecular weight is 307 g/mol. The normalized spacial score (nSPS) is 10.1. The Morgan fingerprint density at radius 2 is 1.81 bits per heavy atom. The van der Waals surface area contributed by atoms with E-state index in [9.17, 15) is 9.59 Å². The van der Waals surface area contributed by atoms with Crippen LogP contribution in [0.25, 0.3) is 0 Å². The van der Waals surface area contributed by atoms with E-state index in [2.05, 4.69) is 16.0 Å². The predicted molar refractivity (Wildman–Crippen MR) is 89.2 cm³/mol. The molecule has 0 aromatic heterocycles. The third-order valence-corrected chi connectivity index (χ3v) is 2.85. The number of nitrogens with one attached hydrogen (secondary N) is 3. The number of benzene rings is 1. The average Bonchev–Trinajstić information content (AvgIpc) is 2.38. The standard InChI is InChI=1S/C15H21N3O2S/c1-4-6-13(19)18-15(21)17-12-8-5-7-11(9-12)16-14(20)10(2)3/h5,7-10H,4,6H2,1-3H3,(H,16,20)(H2,17,18,19,21). The lowest BCUT2D eigenvalue weighted by Crippen LogP contribution is -2.33. The Balaban J connectivity index is 2.62. The van der Waals surface area contributed by atoms with Crippen LogP contribution in [0.15, 0.2) is 24.3 Å². The third kappa shape index (κ3) is 6.35. The lowest BCUT2D eigenvalue weighted by Gasteiger charge is -2.12. The van der Waals surface area contributed by atoms with Crippen LogP contribution >= 0.6 is 12.2 Å². The summed E-state index contributed by atoms with van der Waals surface area (Å²) >= 11 is 5.07. The van der Waals surface area contributed by atoms with Crippen LogP contribution in [0.2, 0.25) is 0 Å². The molecule has 0 spiro atoms. The maximum absolute atomic E-state index is 11.6. The summed E-state index contributed by atoms with van der Waals surface area (Å²) in [5.74, 6) is -0.249. The van der Waals surface area contributed by atoms with Gasteiger partial charge in [-0.05, 0) is 36.8 Å². The maximum atomic E-state index is 11.6. The summed E-state index contributed by atoms with van der Waals surface area (Å²) < 4.78 is 0. The van der Waals surface area contributed by atoms with Crippen molar-refractivity contribution in [2.75, 3.05) is 10.6 Å². The second-order valence-corrected chi connectivity index (χ2v) is 5.39. The van der Waals surface area contributed by atoms with E-state index in [0.717, 1.165) is 6.42 Å². The van der Waals surface area contributed by atoms with Gasteiger partial charge < -0.3 is 16.0 Å². The van der Waals surface area contributed by atoms with Crippen molar-refractivity contribution >= 4 is 40.5 Å². The van der Waals surface area contributed by atoms with Crippen molar-refractivity contribution in [1.82, 2.24) is 5.32 Å². The van der Waals surface area contributed by atoms with Gasteiger partial charge in [-0.25, -0.2) is 0 Å². The molecule has 0 saturated heterocycles. The monoisotopic (exact) mass is 307 g/mol. The first-order valence-electron chi connectivity index (χ1n) is 6.94. The van der Waals surface area contributed by atoms with Crippen LogP contribution in [0.3, 0.4) is 0 Å². The fourth-order valence-electron chi connectivity index (χ4n) is 1.54. The second-order valence-electron chi connectivity index (χ2n) is 4.98. The van der Waals surface area contributed by atoms with Gasteiger partial charge in [0.25, 0.3) is 0 Å². The Labute approximate surface area is 130 Å². The molecule has 21 heavy (non-hydrogen) atoms. The van der Waals surface area contributed by atoms with Crippen LogP contribution in [0.1, 0.15) is 33.6 Å². The molecule has 0 aliphatic heterocycles. The molecule has 3 N–H and O–H groups in total. The van der Waals surface area contributed by atoms with Crippen LogP contribution < -0.4 is 16.0 Å². The number of carbonyl (C=O) groups excluding carboxylic acids is 2. The highest BCUT2D eigenvalue weighted by atomic mass is 32.1. The Hall–Kier alpha value is -1.95. The van der Waals surface area contributed by atoms with Gasteiger partial charge in [0.1, 0.15) is 0 Å². The number of anilines is 2. The third-order valence-electron chi connectivity index (χ3n) is 2.64. The molecule has 0 unspecified atom stereocenters. The topological polar surface area (TPSA) is 70.2 Å². The number of hydrogen-bond acceptors (Lipinski definition) is 3. The molecule has 0 bridgehead atoms. The summed E-state index contributed by atoms with van der Waals surface area (Å²) in [6, 6.07) is 7.17. The zero-order chi connectivity index (χ0) is 15.8. The van der Waals surface area contributed by atoms with E-state index in [0.29, 0.717) is 17.8 Å². The molecule has 6 heteroatoms. The van der Waals surface area contributed by atoms with Gasteiger partial charge >= 0.3 is 0 Å². The van der Waals surface area contributed by atoms with Crippen molar-refractivity contribution in [3.8, 4) is 0 Å². The summed E-state index contributed by atoms with van der Waals surface area (Å²) in [4.78, 5) is 23.1. The van der Waals surface area contributed by atoms with Gasteiger partial charge in [-0.3, -0.25) is 9.59 Å². The zero-order valence-corrected chi connectivity index (χ0v) is 13.3. The van der Waals surface area contributed by atoms with E-state index >= 15 is 0 Å². The zero-order valence-electron chi connectivity index (χ0n) is 12.5. The Bertz CT molecular complexity index is 529. The first kappa shape index (κ1) is 17.1. The fourth-order valence-corrected chi connectivity index (χ4v) is 1.77. The number of thiocarbonyl (C=S) groups is 1. The lowest BCUT2D eigenvalue weighted by atomic mass is 10.2. The van der Waals surface area contributed by atoms with E-state index in [1.165, 1.54) is 0 Å². The molecule has 114 valence electrons. The molecule has 1 aromatic rings. The molecule has 0 aliphatic rings. The van der Waals surface area contributed by atoms with E-state index < -0.39 is 0 Å². The molecular formula is C15H21N3O2S. The summed E-state index contributed by atoms with van der Waals surface area (Å²) in [6.07, 6.45) is 1.21. The molecule has 2 amide bonds. The second kappa shape index (κ2) is 8.36. The van der Waals surface area contributed by atoms with E-state index in [1.54, 1.807) is 18.2 Å². The van der Waals surface area contributed by atoms with Gasteiger partial charge in [0, 0.05) is 23.7 Å². The molecule has 0 heterocycles. The van der Waals surface area contributed by atoms with Gasteiger partial charge in [0.2, 0.25) is 11.8 Å². The first-order valence-corrected chi connectivity index (χ1v) is 7.35. The SMILES string of the molecule is CCCC(=O)NC(=S)Nc1cccc(NC(=O)C(C)C)c1. The van der Waals surface area contributed by atoms with Gasteiger partial charge in [-0.15, -0.1) is 0 Å². The summed E-state index contributed by atoms with van der Waals surface area (Å²) in [7, 11) is 0. The minimum Gasteiger partial charge on any atom is -0.332 e. The number of rotatable bonds is 5. The Kier molecular flexibility index (Phi) is 6.81. The van der Waals surface area contributed by atoms with E-state index in [1.807, 2.05) is 26.8 Å². The largest absolute Gasteiger partial charge is 0.332 e. The van der Waals surface area contributed by atoms with Crippen molar-refractivity contribution in [1.29, 1.82) is 0 Å². The van der Waals surface area contributed by atoms with Crippen molar-refractivity contribution in [3.63, 3.8) is 0 Å². The number of carbonyl (C=O) groups is 2. The molecule has 0 saturated carbocycles. The molecular weight excluding hydrogens is 286 g/mol.